The second kappa shape index (κ2) is 9.76. The van der Waals surface area contributed by atoms with Crippen LogP contribution < -0.4 is 10.0 Å². The highest BCUT2D eigenvalue weighted by Gasteiger charge is 2.13. The molecule has 0 saturated carbocycles. The first-order chi connectivity index (χ1) is 9.63. The molecule has 1 heterocycles. The Morgan fingerprint density at radius 3 is 2.64 bits per heavy atom. The number of sulfonamides is 1. The Labute approximate surface area is 143 Å². The van der Waals surface area contributed by atoms with Crippen LogP contribution in [0.25, 0.3) is 10.8 Å². The number of aromatic nitrogens is 1. The number of nitrogens with zero attached hydrogens (tertiary/aromatic N) is 1. The van der Waals surface area contributed by atoms with Gasteiger partial charge in [-0.15, -0.1) is 31.4 Å². The van der Waals surface area contributed by atoms with Gasteiger partial charge in [0, 0.05) is 37.4 Å². The van der Waals surface area contributed by atoms with Gasteiger partial charge in [-0.25, -0.2) is 13.1 Å². The molecule has 0 radical (unpaired) electrons. The molecule has 122 valence electrons. The van der Waals surface area contributed by atoms with E-state index in [1.165, 1.54) is 0 Å². The Morgan fingerprint density at radius 2 is 1.91 bits per heavy atom. The van der Waals surface area contributed by atoms with Crippen molar-refractivity contribution in [3.63, 3.8) is 0 Å². The van der Waals surface area contributed by atoms with E-state index in [4.69, 9.17) is 0 Å². The van der Waals surface area contributed by atoms with Crippen molar-refractivity contribution in [1.29, 1.82) is 0 Å². The van der Waals surface area contributed by atoms with Crippen molar-refractivity contribution in [1.82, 2.24) is 15.0 Å². The average molecular weight is 364 g/mol. The van der Waals surface area contributed by atoms with Gasteiger partial charge in [-0.1, -0.05) is 12.1 Å². The molecule has 22 heavy (non-hydrogen) atoms. The van der Waals surface area contributed by atoms with Crippen LogP contribution in [-0.4, -0.2) is 33.0 Å². The van der Waals surface area contributed by atoms with Crippen molar-refractivity contribution in [2.24, 2.45) is 0 Å². The lowest BCUT2D eigenvalue weighted by molar-refractivity contribution is 0.578. The normalized spacial score (nSPS) is 10.5. The summed E-state index contributed by atoms with van der Waals surface area (Å²) in [6, 6.07) is 6.78. The molecule has 0 spiro atoms. The first-order valence-electron chi connectivity index (χ1n) is 6.28. The van der Waals surface area contributed by atoms with Gasteiger partial charge in [0.1, 0.15) is 0 Å². The Hall–Kier alpha value is -1.18. The molecule has 0 unspecified atom stereocenters. The maximum atomic E-state index is 12.1. The monoisotopic (exact) mass is 363 g/mol. The molecule has 5 nitrogen and oxygen atoms in total. The second-order valence-corrected chi connectivity index (χ2v) is 6.04. The predicted octanol–water partition coefficient (Wildman–Crippen LogP) is 2.13. The molecule has 0 aliphatic rings. The fraction of sp³-hybridized carbons (Fsp3) is 0.214. The van der Waals surface area contributed by atoms with E-state index in [0.29, 0.717) is 19.6 Å². The zero-order chi connectivity index (χ0) is 14.4. The van der Waals surface area contributed by atoms with Gasteiger partial charge in [-0.2, -0.15) is 0 Å². The maximum Gasteiger partial charge on any atom is 0.240 e. The van der Waals surface area contributed by atoms with Crippen LogP contribution in [-0.2, 0) is 10.0 Å². The first-order valence-corrected chi connectivity index (χ1v) is 7.77. The third-order valence-corrected chi connectivity index (χ3v) is 4.26. The van der Waals surface area contributed by atoms with Gasteiger partial charge in [0.25, 0.3) is 0 Å². The minimum atomic E-state index is -3.48. The van der Waals surface area contributed by atoms with Gasteiger partial charge < -0.3 is 5.32 Å². The van der Waals surface area contributed by atoms with Crippen LogP contribution in [0.15, 0.2) is 54.2 Å². The summed E-state index contributed by atoms with van der Waals surface area (Å²) in [5.41, 5.74) is 0. The third-order valence-electron chi connectivity index (χ3n) is 2.80. The smallest absolute Gasteiger partial charge is 0.240 e. The molecular weight excluding hydrogens is 345 g/mol. The van der Waals surface area contributed by atoms with Crippen LogP contribution in [0, 0.1) is 0 Å². The van der Waals surface area contributed by atoms with Gasteiger partial charge in [0.15, 0.2) is 0 Å². The molecule has 0 saturated heterocycles. The van der Waals surface area contributed by atoms with Gasteiger partial charge in [-0.3, -0.25) is 4.98 Å². The predicted molar refractivity (Wildman–Crippen MR) is 94.5 cm³/mol. The number of hydrogen-bond donors (Lipinski definition) is 2. The molecule has 2 rings (SSSR count). The number of nitrogens with one attached hydrogen (secondary N) is 2. The highest BCUT2D eigenvalue weighted by molar-refractivity contribution is 7.89. The number of pyridine rings is 1. The molecule has 2 N–H and O–H groups in total. The first kappa shape index (κ1) is 20.8. The number of benzene rings is 1. The minimum Gasteiger partial charge on any atom is -0.312 e. The molecule has 0 fully saturated rings. The molecule has 0 aliphatic carbocycles. The van der Waals surface area contributed by atoms with Crippen LogP contribution in [0.3, 0.4) is 0 Å². The highest BCUT2D eigenvalue weighted by Crippen LogP contribution is 2.17. The fourth-order valence-electron chi connectivity index (χ4n) is 1.79. The van der Waals surface area contributed by atoms with E-state index in [9.17, 15) is 8.42 Å². The molecule has 2 aromatic rings. The summed E-state index contributed by atoms with van der Waals surface area (Å²) in [5.74, 6) is 0. The van der Waals surface area contributed by atoms with E-state index in [2.05, 4.69) is 21.6 Å². The van der Waals surface area contributed by atoms with Crippen molar-refractivity contribution in [2.75, 3.05) is 19.6 Å². The molecule has 1 aromatic heterocycles. The zero-order valence-corrected chi connectivity index (χ0v) is 14.3. The molecule has 0 atom stereocenters. The molecule has 8 heteroatoms. The van der Waals surface area contributed by atoms with Crippen LogP contribution in [0.4, 0.5) is 0 Å². The number of rotatable bonds is 7. The molecule has 0 amide bonds. The van der Waals surface area contributed by atoms with E-state index in [-0.39, 0.29) is 29.7 Å². The largest absolute Gasteiger partial charge is 0.312 e. The Bertz CT molecular complexity index is 708. The molecule has 0 aliphatic heterocycles. The third kappa shape index (κ3) is 5.55. The number of fused-ring (bicyclic) bond motifs is 1. The molecule has 0 bridgehead atoms. The highest BCUT2D eigenvalue weighted by atomic mass is 35.5. The zero-order valence-electron chi connectivity index (χ0n) is 11.9. The SMILES string of the molecule is C=CCNCCNS(=O)(=O)c1ccc2cnccc2c1.Cl.Cl. The van der Waals surface area contributed by atoms with Crippen LogP contribution in [0.2, 0.25) is 0 Å². The molecular formula is C14H19Cl2N3O2S. The minimum absolute atomic E-state index is 0. The number of halogens is 2. The van der Waals surface area contributed by atoms with E-state index in [1.54, 1.807) is 42.7 Å². The Morgan fingerprint density at radius 1 is 1.14 bits per heavy atom. The van der Waals surface area contributed by atoms with Crippen molar-refractivity contribution < 1.29 is 8.42 Å². The molecule has 1 aromatic carbocycles. The van der Waals surface area contributed by atoms with Crippen LogP contribution in [0.1, 0.15) is 0 Å². The van der Waals surface area contributed by atoms with Crippen LogP contribution in [0.5, 0.6) is 0 Å². The van der Waals surface area contributed by atoms with Crippen molar-refractivity contribution in [2.45, 2.75) is 4.90 Å². The summed E-state index contributed by atoms with van der Waals surface area (Å²) in [4.78, 5) is 4.27. The fourth-order valence-corrected chi connectivity index (χ4v) is 2.86. The summed E-state index contributed by atoms with van der Waals surface area (Å²) in [6.07, 6.45) is 5.08. The quantitative estimate of drug-likeness (QED) is 0.583. The van der Waals surface area contributed by atoms with Gasteiger partial charge >= 0.3 is 0 Å². The van der Waals surface area contributed by atoms with Crippen molar-refractivity contribution in [3.8, 4) is 0 Å². The van der Waals surface area contributed by atoms with Gasteiger partial charge in [0.05, 0.1) is 4.90 Å². The van der Waals surface area contributed by atoms with E-state index in [0.717, 1.165) is 10.8 Å². The lowest BCUT2D eigenvalue weighted by Gasteiger charge is -2.08. The van der Waals surface area contributed by atoms with Gasteiger partial charge in [-0.05, 0) is 23.6 Å². The number of hydrogen-bond acceptors (Lipinski definition) is 4. The standard InChI is InChI=1S/C14H17N3O2S.2ClH/c1-2-6-15-8-9-17-20(18,19)14-4-3-13-11-16-7-5-12(13)10-14;;/h2-5,7,10-11,15,17H,1,6,8-9H2;2*1H. The van der Waals surface area contributed by atoms with E-state index < -0.39 is 10.0 Å². The van der Waals surface area contributed by atoms with E-state index >= 15 is 0 Å². The maximum absolute atomic E-state index is 12.1. The Balaban J connectivity index is 0.00000220. The average Bonchev–Trinajstić information content (AvgIpc) is 2.46. The topological polar surface area (TPSA) is 71.1 Å². The summed E-state index contributed by atoms with van der Waals surface area (Å²) < 4.78 is 26.8. The summed E-state index contributed by atoms with van der Waals surface area (Å²) >= 11 is 0. The summed E-state index contributed by atoms with van der Waals surface area (Å²) in [5, 5.41) is 4.81. The van der Waals surface area contributed by atoms with E-state index in [1.807, 2.05) is 0 Å². The second-order valence-electron chi connectivity index (χ2n) is 4.28. The van der Waals surface area contributed by atoms with Crippen LogP contribution >= 0.6 is 24.8 Å². The lowest BCUT2D eigenvalue weighted by Crippen LogP contribution is -2.31. The van der Waals surface area contributed by atoms with Crippen molar-refractivity contribution >= 4 is 45.6 Å². The van der Waals surface area contributed by atoms with Gasteiger partial charge in [0.2, 0.25) is 10.0 Å². The Kier molecular flexibility index (Phi) is 9.24. The summed E-state index contributed by atoms with van der Waals surface area (Å²) in [6.45, 7) is 5.13. The lowest BCUT2D eigenvalue weighted by atomic mass is 10.2. The summed E-state index contributed by atoms with van der Waals surface area (Å²) in [7, 11) is -3.48. The van der Waals surface area contributed by atoms with Crippen molar-refractivity contribution in [3.05, 3.63) is 49.3 Å².